The fourth-order valence-corrected chi connectivity index (χ4v) is 1.28. The Morgan fingerprint density at radius 2 is 2.20 bits per heavy atom. The SMILES string of the molecule is O=C(CBr)Cc1ccc(F)c([N+](=O)[O-])c1. The Labute approximate surface area is 93.4 Å². The van der Waals surface area contributed by atoms with Crippen LogP contribution >= 0.6 is 15.9 Å². The lowest BCUT2D eigenvalue weighted by Gasteiger charge is -1.99. The third-order valence-electron chi connectivity index (χ3n) is 1.76. The van der Waals surface area contributed by atoms with E-state index in [0.29, 0.717) is 5.56 Å². The summed E-state index contributed by atoms with van der Waals surface area (Å²) >= 11 is 2.98. The van der Waals surface area contributed by atoms with Gasteiger partial charge in [0, 0.05) is 12.5 Å². The second kappa shape index (κ2) is 4.97. The molecule has 0 atom stereocenters. The number of Topliss-reactive ketones (excluding diaryl/α,β-unsaturated/α-hetero) is 1. The molecule has 0 amide bonds. The first-order valence-corrected chi connectivity index (χ1v) is 5.17. The van der Waals surface area contributed by atoms with E-state index in [2.05, 4.69) is 15.9 Å². The monoisotopic (exact) mass is 275 g/mol. The summed E-state index contributed by atoms with van der Waals surface area (Å²) in [6, 6.07) is 3.44. The van der Waals surface area contributed by atoms with Crippen LogP contribution < -0.4 is 0 Å². The summed E-state index contributed by atoms with van der Waals surface area (Å²) in [5, 5.41) is 10.6. The molecule has 0 bridgehead atoms. The Kier molecular flexibility index (Phi) is 3.90. The predicted octanol–water partition coefficient (Wildman–Crippen LogP) is 2.24. The molecule has 1 rings (SSSR count). The Bertz CT molecular complexity index is 408. The molecule has 0 aliphatic rings. The second-order valence-electron chi connectivity index (χ2n) is 2.89. The summed E-state index contributed by atoms with van der Waals surface area (Å²) in [6.07, 6.45) is 0.0619. The molecule has 15 heavy (non-hydrogen) atoms. The molecule has 1 aromatic carbocycles. The van der Waals surface area contributed by atoms with Crippen LogP contribution in [0, 0.1) is 15.9 Å². The van der Waals surface area contributed by atoms with E-state index in [1.165, 1.54) is 6.07 Å². The predicted molar refractivity (Wildman–Crippen MR) is 55.6 cm³/mol. The fourth-order valence-electron chi connectivity index (χ4n) is 1.08. The molecule has 0 N–H and O–H groups in total. The number of nitro benzene ring substituents is 1. The van der Waals surface area contributed by atoms with Crippen LogP contribution in [0.2, 0.25) is 0 Å². The lowest BCUT2D eigenvalue weighted by Crippen LogP contribution is -2.04. The van der Waals surface area contributed by atoms with Crippen LogP contribution in [-0.4, -0.2) is 16.0 Å². The highest BCUT2D eigenvalue weighted by Crippen LogP contribution is 2.18. The van der Waals surface area contributed by atoms with Crippen molar-refractivity contribution in [2.45, 2.75) is 6.42 Å². The van der Waals surface area contributed by atoms with Gasteiger partial charge in [0.15, 0.2) is 0 Å². The number of hydrogen-bond acceptors (Lipinski definition) is 3. The van der Waals surface area contributed by atoms with E-state index in [9.17, 15) is 19.3 Å². The van der Waals surface area contributed by atoms with Crippen molar-refractivity contribution in [1.29, 1.82) is 0 Å². The Balaban J connectivity index is 2.97. The van der Waals surface area contributed by atoms with Crippen LogP contribution in [0.15, 0.2) is 18.2 Å². The van der Waals surface area contributed by atoms with Crippen molar-refractivity contribution in [1.82, 2.24) is 0 Å². The van der Waals surface area contributed by atoms with Crippen LogP contribution in [0.3, 0.4) is 0 Å². The zero-order valence-electron chi connectivity index (χ0n) is 7.57. The molecular weight excluding hydrogens is 269 g/mol. The van der Waals surface area contributed by atoms with Gasteiger partial charge in [0.25, 0.3) is 0 Å². The van der Waals surface area contributed by atoms with Crippen molar-refractivity contribution < 1.29 is 14.1 Å². The third kappa shape index (κ3) is 3.09. The number of nitrogens with zero attached hydrogens (tertiary/aromatic N) is 1. The number of benzene rings is 1. The number of rotatable bonds is 4. The van der Waals surface area contributed by atoms with E-state index >= 15 is 0 Å². The van der Waals surface area contributed by atoms with Gasteiger partial charge in [0.2, 0.25) is 5.82 Å². The largest absolute Gasteiger partial charge is 0.305 e. The lowest BCUT2D eigenvalue weighted by molar-refractivity contribution is -0.387. The average Bonchev–Trinajstić information content (AvgIpc) is 2.20. The lowest BCUT2D eigenvalue weighted by atomic mass is 10.1. The first-order valence-electron chi connectivity index (χ1n) is 4.05. The van der Waals surface area contributed by atoms with Gasteiger partial charge in [-0.1, -0.05) is 22.0 Å². The zero-order chi connectivity index (χ0) is 11.4. The van der Waals surface area contributed by atoms with E-state index in [0.717, 1.165) is 12.1 Å². The molecule has 0 radical (unpaired) electrons. The van der Waals surface area contributed by atoms with Gasteiger partial charge in [-0.2, -0.15) is 4.39 Å². The Hall–Kier alpha value is -1.30. The maximum Gasteiger partial charge on any atom is 0.305 e. The summed E-state index contributed by atoms with van der Waals surface area (Å²) in [6.45, 7) is 0. The van der Waals surface area contributed by atoms with Crippen molar-refractivity contribution >= 4 is 27.4 Å². The van der Waals surface area contributed by atoms with Crippen LogP contribution in [0.25, 0.3) is 0 Å². The van der Waals surface area contributed by atoms with Crippen LogP contribution in [0.5, 0.6) is 0 Å². The van der Waals surface area contributed by atoms with Gasteiger partial charge in [-0.15, -0.1) is 0 Å². The summed E-state index contributed by atoms with van der Waals surface area (Å²) in [7, 11) is 0. The van der Waals surface area contributed by atoms with Crippen molar-refractivity contribution in [2.24, 2.45) is 0 Å². The average molecular weight is 276 g/mol. The number of nitro groups is 1. The highest BCUT2D eigenvalue weighted by atomic mass is 79.9. The minimum absolute atomic E-state index is 0.0619. The molecule has 0 saturated carbocycles. The van der Waals surface area contributed by atoms with Gasteiger partial charge in [-0.25, -0.2) is 0 Å². The van der Waals surface area contributed by atoms with Gasteiger partial charge in [-0.05, 0) is 11.6 Å². The Morgan fingerprint density at radius 1 is 1.53 bits per heavy atom. The quantitative estimate of drug-likeness (QED) is 0.481. The number of alkyl halides is 1. The summed E-state index contributed by atoms with van der Waals surface area (Å²) in [5.74, 6) is -1.01. The molecule has 0 saturated heterocycles. The molecule has 4 nitrogen and oxygen atoms in total. The standard InChI is InChI=1S/C9H7BrFNO3/c10-5-7(13)3-6-1-2-8(11)9(4-6)12(14)15/h1-2,4H,3,5H2. The summed E-state index contributed by atoms with van der Waals surface area (Å²) in [5.41, 5.74) is -0.164. The molecule has 80 valence electrons. The fraction of sp³-hybridized carbons (Fsp3) is 0.222. The summed E-state index contributed by atoms with van der Waals surface area (Å²) < 4.78 is 12.9. The molecule has 0 fully saturated rings. The van der Waals surface area contributed by atoms with Gasteiger partial charge in [0.05, 0.1) is 10.3 Å². The van der Waals surface area contributed by atoms with E-state index in [-0.39, 0.29) is 17.5 Å². The summed E-state index contributed by atoms with van der Waals surface area (Å²) in [4.78, 5) is 20.6. The molecule has 0 spiro atoms. The molecule has 6 heteroatoms. The van der Waals surface area contributed by atoms with Gasteiger partial charge in [0.1, 0.15) is 5.78 Å². The first kappa shape index (κ1) is 11.8. The smallest absolute Gasteiger partial charge is 0.298 e. The van der Waals surface area contributed by atoms with Gasteiger partial charge >= 0.3 is 5.69 Å². The van der Waals surface area contributed by atoms with Crippen LogP contribution in [-0.2, 0) is 11.2 Å². The molecule has 0 heterocycles. The van der Waals surface area contributed by atoms with Crippen molar-refractivity contribution in [3.8, 4) is 0 Å². The van der Waals surface area contributed by atoms with E-state index in [1.807, 2.05) is 0 Å². The van der Waals surface area contributed by atoms with Gasteiger partial charge < -0.3 is 0 Å². The van der Waals surface area contributed by atoms with Crippen LogP contribution in [0.4, 0.5) is 10.1 Å². The first-order chi connectivity index (χ1) is 7.04. The highest BCUT2D eigenvalue weighted by Gasteiger charge is 2.15. The minimum atomic E-state index is -0.893. The molecule has 0 aromatic heterocycles. The van der Waals surface area contributed by atoms with E-state index in [4.69, 9.17) is 0 Å². The maximum absolute atomic E-state index is 12.9. The maximum atomic E-state index is 12.9. The zero-order valence-corrected chi connectivity index (χ0v) is 9.16. The molecule has 0 aliphatic carbocycles. The van der Waals surface area contributed by atoms with Crippen LogP contribution in [0.1, 0.15) is 5.56 Å². The number of hydrogen-bond donors (Lipinski definition) is 0. The number of carbonyl (C=O) groups is 1. The molecule has 0 unspecified atom stereocenters. The third-order valence-corrected chi connectivity index (χ3v) is 2.38. The molecule has 1 aromatic rings. The Morgan fingerprint density at radius 3 is 2.73 bits per heavy atom. The normalized spacial score (nSPS) is 10.0. The number of ketones is 1. The topological polar surface area (TPSA) is 60.2 Å². The highest BCUT2D eigenvalue weighted by molar-refractivity contribution is 9.09. The minimum Gasteiger partial charge on any atom is -0.298 e. The molecule has 0 aliphatic heterocycles. The van der Waals surface area contributed by atoms with Crippen molar-refractivity contribution in [3.05, 3.63) is 39.7 Å². The van der Waals surface area contributed by atoms with Gasteiger partial charge in [-0.3, -0.25) is 14.9 Å². The van der Waals surface area contributed by atoms with Crippen molar-refractivity contribution in [3.63, 3.8) is 0 Å². The number of halogens is 2. The van der Waals surface area contributed by atoms with E-state index in [1.54, 1.807) is 0 Å². The second-order valence-corrected chi connectivity index (χ2v) is 3.45. The number of carbonyl (C=O) groups excluding carboxylic acids is 1. The molecular formula is C9H7BrFNO3. The van der Waals surface area contributed by atoms with Crippen molar-refractivity contribution in [2.75, 3.05) is 5.33 Å². The van der Waals surface area contributed by atoms with E-state index < -0.39 is 16.4 Å².